The van der Waals surface area contributed by atoms with Crippen LogP contribution in [0.4, 0.5) is 15.8 Å². The maximum Gasteiger partial charge on any atom is 0.288 e. The van der Waals surface area contributed by atoms with E-state index in [1.54, 1.807) is 35.2 Å². The summed E-state index contributed by atoms with van der Waals surface area (Å²) in [7, 11) is 0. The lowest BCUT2D eigenvalue weighted by molar-refractivity contribution is -0.576. The Bertz CT molecular complexity index is 1110. The predicted octanol–water partition coefficient (Wildman–Crippen LogP) is 4.65. The van der Waals surface area contributed by atoms with Gasteiger partial charge in [0.2, 0.25) is 0 Å². The second kappa shape index (κ2) is 8.57. The van der Waals surface area contributed by atoms with Crippen LogP contribution in [0.5, 0.6) is 0 Å². The van der Waals surface area contributed by atoms with Gasteiger partial charge in [-0.15, -0.1) is 0 Å². The quantitative estimate of drug-likeness (QED) is 0.160. The van der Waals surface area contributed by atoms with Gasteiger partial charge in [0, 0.05) is 29.3 Å². The molecule has 0 spiro atoms. The average Bonchev–Trinajstić information content (AvgIpc) is 2.70. The van der Waals surface area contributed by atoms with Crippen molar-refractivity contribution < 1.29 is 19.0 Å². The maximum atomic E-state index is 14.1. The molecule has 146 valence electrons. The fraction of sp³-hybridized carbons (Fsp3) is 0.0476. The van der Waals surface area contributed by atoms with E-state index >= 15 is 0 Å². The number of non-ortho nitro benzene ring substituents is 1. The van der Waals surface area contributed by atoms with Crippen molar-refractivity contribution in [1.82, 2.24) is 0 Å². The summed E-state index contributed by atoms with van der Waals surface area (Å²) < 4.78 is 15.7. The van der Waals surface area contributed by atoms with E-state index in [4.69, 9.17) is 12.2 Å². The zero-order valence-corrected chi connectivity index (χ0v) is 16.2. The molecule has 0 aliphatic carbocycles. The number of pyridine rings is 1. The second-order valence-electron chi connectivity index (χ2n) is 6.22. The van der Waals surface area contributed by atoms with E-state index in [0.717, 1.165) is 5.56 Å². The zero-order chi connectivity index (χ0) is 21.0. The summed E-state index contributed by atoms with van der Waals surface area (Å²) >= 11 is 5.46. The predicted molar refractivity (Wildman–Crippen MR) is 113 cm³/mol. The number of aryl methyl sites for hydroxylation is 1. The second-order valence-corrected chi connectivity index (χ2v) is 6.63. The van der Waals surface area contributed by atoms with Crippen molar-refractivity contribution in [3.05, 3.63) is 100 Å². The molecule has 0 saturated carbocycles. The largest absolute Gasteiger partial charge is 0.502 e. The summed E-state index contributed by atoms with van der Waals surface area (Å²) in [6.07, 6.45) is 3.45. The van der Waals surface area contributed by atoms with Gasteiger partial charge in [-0.3, -0.25) is 10.1 Å². The molecule has 3 aromatic rings. The first kappa shape index (κ1) is 20.1. The van der Waals surface area contributed by atoms with E-state index in [0.29, 0.717) is 5.56 Å². The molecule has 1 aromatic heterocycles. The first-order valence-corrected chi connectivity index (χ1v) is 9.00. The Kier molecular flexibility index (Phi) is 5.94. The summed E-state index contributed by atoms with van der Waals surface area (Å²) in [5, 5.41) is 24.6. The van der Waals surface area contributed by atoms with Gasteiger partial charge in [-0.05, 0) is 37.3 Å². The van der Waals surface area contributed by atoms with Crippen LogP contribution in [0.2, 0.25) is 0 Å². The Labute approximate surface area is 171 Å². The fourth-order valence-electron chi connectivity index (χ4n) is 2.70. The van der Waals surface area contributed by atoms with E-state index in [1.807, 2.05) is 13.0 Å². The molecule has 29 heavy (non-hydrogen) atoms. The molecule has 0 atom stereocenters. The van der Waals surface area contributed by atoms with Crippen LogP contribution in [0.1, 0.15) is 11.1 Å². The molecule has 0 aliphatic heterocycles. The van der Waals surface area contributed by atoms with Crippen LogP contribution in [-0.4, -0.2) is 15.0 Å². The topological polar surface area (TPSA) is 79.3 Å². The Morgan fingerprint density at radius 2 is 1.83 bits per heavy atom. The molecule has 8 heteroatoms. The summed E-state index contributed by atoms with van der Waals surface area (Å²) in [5.74, 6) is -0.692. The number of thiocarbonyl (C=S) groups is 1. The Hall–Kier alpha value is -3.65. The van der Waals surface area contributed by atoms with Crippen molar-refractivity contribution in [3.63, 3.8) is 0 Å². The number of anilines is 1. The number of hydrogen-bond acceptors (Lipinski definition) is 4. The third-order valence-electron chi connectivity index (χ3n) is 4.12. The molecule has 1 heterocycles. The van der Waals surface area contributed by atoms with Gasteiger partial charge >= 0.3 is 0 Å². The third kappa shape index (κ3) is 4.61. The van der Waals surface area contributed by atoms with Crippen LogP contribution >= 0.6 is 12.2 Å². The lowest BCUT2D eigenvalue weighted by Crippen LogP contribution is -2.38. The van der Waals surface area contributed by atoms with Crippen LogP contribution in [0.3, 0.4) is 0 Å². The SMILES string of the molecule is Cc1ccc[n+](/C(C(=S)Nc2ccccc2F)=C(\O)c2ccc([N+](=O)[O-])cc2)c1. The number of nitrogens with one attached hydrogen (secondary N) is 1. The van der Waals surface area contributed by atoms with Gasteiger partial charge in [-0.2, -0.15) is 4.57 Å². The summed E-state index contributed by atoms with van der Waals surface area (Å²) in [4.78, 5) is 10.4. The van der Waals surface area contributed by atoms with Crippen LogP contribution < -0.4 is 9.88 Å². The van der Waals surface area contributed by atoms with Crippen molar-refractivity contribution in [1.29, 1.82) is 0 Å². The number of aliphatic hydroxyl groups is 1. The molecule has 0 fully saturated rings. The highest BCUT2D eigenvalue weighted by atomic mass is 32.1. The molecule has 0 unspecified atom stereocenters. The van der Waals surface area contributed by atoms with E-state index in [-0.39, 0.29) is 27.8 Å². The minimum absolute atomic E-state index is 0.0848. The number of nitro benzene ring substituents is 1. The molecular weight excluding hydrogens is 393 g/mol. The Morgan fingerprint density at radius 3 is 2.45 bits per heavy atom. The smallest absolute Gasteiger partial charge is 0.288 e. The summed E-state index contributed by atoms with van der Waals surface area (Å²) in [6.45, 7) is 1.88. The number of rotatable bonds is 5. The standard InChI is InChI=1S/C21H16FN3O3S/c1-14-5-4-12-24(13-14)19(21(29)23-18-7-3-2-6-17(18)22)20(26)15-8-10-16(11-9-15)25(27)28/h2-13H,1H3,(H-,23,26,29)/p+1. The van der Waals surface area contributed by atoms with Gasteiger partial charge < -0.3 is 10.4 Å². The first-order valence-electron chi connectivity index (χ1n) is 8.59. The molecule has 0 amide bonds. The van der Waals surface area contributed by atoms with Gasteiger partial charge in [0.15, 0.2) is 23.1 Å². The van der Waals surface area contributed by atoms with Crippen molar-refractivity contribution in [2.24, 2.45) is 0 Å². The van der Waals surface area contributed by atoms with E-state index in [2.05, 4.69) is 5.32 Å². The van der Waals surface area contributed by atoms with Crippen LogP contribution in [-0.2, 0) is 0 Å². The number of halogens is 1. The lowest BCUT2D eigenvalue weighted by Gasteiger charge is -2.11. The van der Waals surface area contributed by atoms with Crippen LogP contribution in [0.15, 0.2) is 73.1 Å². The highest BCUT2D eigenvalue weighted by molar-refractivity contribution is 7.81. The van der Waals surface area contributed by atoms with Crippen molar-refractivity contribution >= 4 is 40.0 Å². The molecule has 0 saturated heterocycles. The maximum absolute atomic E-state index is 14.1. The number of nitro groups is 1. The number of aliphatic hydroxyl groups excluding tert-OH is 1. The molecule has 6 nitrogen and oxygen atoms in total. The van der Waals surface area contributed by atoms with E-state index in [9.17, 15) is 19.6 Å². The van der Waals surface area contributed by atoms with Crippen LogP contribution in [0.25, 0.3) is 11.5 Å². The minimum atomic E-state index is -0.523. The van der Waals surface area contributed by atoms with Gasteiger partial charge in [-0.1, -0.05) is 24.4 Å². The van der Waals surface area contributed by atoms with Crippen molar-refractivity contribution in [2.75, 3.05) is 5.32 Å². The molecule has 2 aromatic carbocycles. The Balaban J connectivity index is 2.09. The first-order chi connectivity index (χ1) is 13.9. The number of benzene rings is 2. The van der Waals surface area contributed by atoms with Crippen LogP contribution in [0, 0.1) is 22.9 Å². The average molecular weight is 410 g/mol. The molecular formula is C21H17FN3O3S+. The van der Waals surface area contributed by atoms with Gasteiger partial charge in [-0.25, -0.2) is 4.39 Å². The number of para-hydroxylation sites is 1. The molecule has 0 bridgehead atoms. The molecule has 0 radical (unpaired) electrons. The lowest BCUT2D eigenvalue weighted by atomic mass is 10.1. The van der Waals surface area contributed by atoms with Gasteiger partial charge in [0.25, 0.3) is 11.4 Å². The third-order valence-corrected chi connectivity index (χ3v) is 4.42. The molecule has 3 rings (SSSR count). The number of nitrogens with zero attached hydrogens (tertiary/aromatic N) is 2. The zero-order valence-electron chi connectivity index (χ0n) is 15.4. The molecule has 0 aliphatic rings. The number of hydrogen-bond donors (Lipinski definition) is 2. The number of aromatic nitrogens is 1. The highest BCUT2D eigenvalue weighted by Crippen LogP contribution is 2.22. The van der Waals surface area contributed by atoms with E-state index < -0.39 is 10.7 Å². The summed E-state index contributed by atoms with van der Waals surface area (Å²) in [5.41, 5.74) is 1.52. The van der Waals surface area contributed by atoms with E-state index in [1.165, 1.54) is 36.4 Å². The normalized spacial score (nSPS) is 11.5. The van der Waals surface area contributed by atoms with Gasteiger partial charge in [0.05, 0.1) is 10.6 Å². The minimum Gasteiger partial charge on any atom is -0.502 e. The molecule has 2 N–H and O–H groups in total. The van der Waals surface area contributed by atoms with Crippen molar-refractivity contribution in [3.8, 4) is 0 Å². The highest BCUT2D eigenvalue weighted by Gasteiger charge is 2.25. The Morgan fingerprint density at radius 1 is 1.14 bits per heavy atom. The van der Waals surface area contributed by atoms with Crippen molar-refractivity contribution in [2.45, 2.75) is 6.92 Å². The summed E-state index contributed by atoms with van der Waals surface area (Å²) in [6, 6.07) is 15.1. The monoisotopic (exact) mass is 410 g/mol. The fourth-order valence-corrected chi connectivity index (χ4v) is 3.01. The van der Waals surface area contributed by atoms with Gasteiger partial charge in [0.1, 0.15) is 5.82 Å².